The summed E-state index contributed by atoms with van der Waals surface area (Å²) < 4.78 is 12.5. The van der Waals surface area contributed by atoms with Gasteiger partial charge in [-0.2, -0.15) is 0 Å². The highest BCUT2D eigenvalue weighted by Crippen LogP contribution is 2.28. The second-order valence-corrected chi connectivity index (χ2v) is 6.15. The molecule has 1 amide bonds. The summed E-state index contributed by atoms with van der Waals surface area (Å²) in [5, 5.41) is 9.06. The van der Waals surface area contributed by atoms with Crippen molar-refractivity contribution in [3.05, 3.63) is 27.1 Å². The third-order valence-electron chi connectivity index (χ3n) is 2.94. The van der Waals surface area contributed by atoms with Crippen LogP contribution in [-0.4, -0.2) is 54.9 Å². The van der Waals surface area contributed by atoms with Crippen LogP contribution in [0.5, 0.6) is 5.75 Å². The predicted molar refractivity (Wildman–Crippen MR) is 80.7 cm³/mol. The van der Waals surface area contributed by atoms with Crippen molar-refractivity contribution in [2.24, 2.45) is 0 Å². The van der Waals surface area contributed by atoms with Crippen LogP contribution < -0.4 is 4.74 Å². The highest BCUT2D eigenvalue weighted by Gasteiger charge is 2.23. The Bertz CT molecular complexity index is 483. The summed E-state index contributed by atoms with van der Waals surface area (Å²) >= 11 is 6.74. The Labute approximate surface area is 134 Å². The Morgan fingerprint density at radius 2 is 2.30 bits per heavy atom. The monoisotopic (exact) mass is 407 g/mol. The van der Waals surface area contributed by atoms with Crippen LogP contribution in [0.3, 0.4) is 0 Å². The standard InChI is InChI=1S/C13H15Br2NO4/c14-9-1-2-12(11(15)5-9)20-8-13(18)16-3-4-19-10(6-16)7-17/h1-2,5,10,17H,3-4,6-8H2. The summed E-state index contributed by atoms with van der Waals surface area (Å²) in [6.45, 7) is 1.26. The molecule has 1 aliphatic rings. The number of amides is 1. The van der Waals surface area contributed by atoms with Gasteiger partial charge in [-0.05, 0) is 34.1 Å². The lowest BCUT2D eigenvalue weighted by Crippen LogP contribution is -2.48. The van der Waals surface area contributed by atoms with Crippen molar-refractivity contribution in [3.63, 3.8) is 0 Å². The number of benzene rings is 1. The van der Waals surface area contributed by atoms with Crippen molar-refractivity contribution in [1.82, 2.24) is 4.90 Å². The third-order valence-corrected chi connectivity index (χ3v) is 4.05. The molecule has 20 heavy (non-hydrogen) atoms. The quantitative estimate of drug-likeness (QED) is 0.825. The molecule has 0 saturated carbocycles. The SMILES string of the molecule is O=C(COc1ccc(Br)cc1Br)N1CCOC(CO)C1. The maximum atomic E-state index is 12.1. The number of aliphatic hydroxyl groups excluding tert-OH is 1. The van der Waals surface area contributed by atoms with E-state index in [0.717, 1.165) is 8.95 Å². The van der Waals surface area contributed by atoms with Gasteiger partial charge in [0, 0.05) is 17.6 Å². The van der Waals surface area contributed by atoms with Crippen molar-refractivity contribution in [2.75, 3.05) is 32.9 Å². The van der Waals surface area contributed by atoms with E-state index < -0.39 is 0 Å². The molecule has 1 saturated heterocycles. The molecule has 1 unspecified atom stereocenters. The van der Waals surface area contributed by atoms with E-state index in [1.165, 1.54) is 0 Å². The lowest BCUT2D eigenvalue weighted by Gasteiger charge is -2.32. The van der Waals surface area contributed by atoms with Crippen LogP contribution >= 0.6 is 31.9 Å². The van der Waals surface area contributed by atoms with Crippen molar-refractivity contribution in [1.29, 1.82) is 0 Å². The van der Waals surface area contributed by atoms with Crippen LogP contribution in [0.25, 0.3) is 0 Å². The van der Waals surface area contributed by atoms with Crippen LogP contribution in [0.15, 0.2) is 27.1 Å². The summed E-state index contributed by atoms with van der Waals surface area (Å²) in [7, 11) is 0. The summed E-state index contributed by atoms with van der Waals surface area (Å²) in [5.41, 5.74) is 0. The number of ether oxygens (including phenoxy) is 2. The number of carbonyl (C=O) groups is 1. The van der Waals surface area contributed by atoms with Crippen LogP contribution in [0, 0.1) is 0 Å². The minimum absolute atomic E-state index is 0.0294. The van der Waals surface area contributed by atoms with E-state index in [1.807, 2.05) is 12.1 Å². The molecular weight excluding hydrogens is 394 g/mol. The molecule has 0 bridgehead atoms. The van der Waals surface area contributed by atoms with Gasteiger partial charge in [0.05, 0.1) is 23.8 Å². The molecule has 110 valence electrons. The van der Waals surface area contributed by atoms with Gasteiger partial charge in [-0.25, -0.2) is 0 Å². The lowest BCUT2D eigenvalue weighted by atomic mass is 10.3. The van der Waals surface area contributed by atoms with Gasteiger partial charge >= 0.3 is 0 Å². The number of aliphatic hydroxyl groups is 1. The van der Waals surface area contributed by atoms with Gasteiger partial charge in [0.2, 0.25) is 0 Å². The van der Waals surface area contributed by atoms with Gasteiger partial charge in [0.15, 0.2) is 6.61 Å². The predicted octanol–water partition coefficient (Wildman–Crippen LogP) is 1.81. The normalized spacial score (nSPS) is 18.9. The van der Waals surface area contributed by atoms with Gasteiger partial charge in [0.25, 0.3) is 5.91 Å². The average Bonchev–Trinajstić information content (AvgIpc) is 2.46. The zero-order valence-electron chi connectivity index (χ0n) is 10.7. The fourth-order valence-electron chi connectivity index (χ4n) is 1.88. The molecule has 0 radical (unpaired) electrons. The molecule has 1 heterocycles. The third kappa shape index (κ3) is 4.18. The molecule has 1 atom stereocenters. The van der Waals surface area contributed by atoms with Gasteiger partial charge in [-0.1, -0.05) is 15.9 Å². The van der Waals surface area contributed by atoms with Crippen molar-refractivity contribution in [2.45, 2.75) is 6.10 Å². The average molecular weight is 409 g/mol. The Balaban J connectivity index is 1.88. The van der Waals surface area contributed by atoms with E-state index in [0.29, 0.717) is 25.4 Å². The smallest absolute Gasteiger partial charge is 0.260 e. The molecule has 1 aromatic rings. The fraction of sp³-hybridized carbons (Fsp3) is 0.462. The van der Waals surface area contributed by atoms with Crippen molar-refractivity contribution < 1.29 is 19.4 Å². The maximum absolute atomic E-state index is 12.1. The number of halogens is 2. The van der Waals surface area contributed by atoms with Crippen LogP contribution in [0.4, 0.5) is 0 Å². The Morgan fingerprint density at radius 1 is 1.50 bits per heavy atom. The molecule has 2 rings (SSSR count). The molecule has 1 aromatic carbocycles. The fourth-order valence-corrected chi connectivity index (χ4v) is 3.04. The zero-order valence-corrected chi connectivity index (χ0v) is 13.9. The number of carbonyl (C=O) groups excluding carboxylic acids is 1. The van der Waals surface area contributed by atoms with Crippen LogP contribution in [-0.2, 0) is 9.53 Å². The Hall–Kier alpha value is -0.630. The van der Waals surface area contributed by atoms with E-state index in [4.69, 9.17) is 14.6 Å². The van der Waals surface area contributed by atoms with Crippen LogP contribution in [0.2, 0.25) is 0 Å². The van der Waals surface area contributed by atoms with Gasteiger partial charge in [0.1, 0.15) is 5.75 Å². The number of rotatable bonds is 4. The number of hydrogen-bond donors (Lipinski definition) is 1. The first-order valence-electron chi connectivity index (χ1n) is 6.18. The molecular formula is C13H15Br2NO4. The first-order valence-corrected chi connectivity index (χ1v) is 7.77. The summed E-state index contributed by atoms with van der Waals surface area (Å²) in [5.74, 6) is 0.509. The van der Waals surface area contributed by atoms with E-state index in [-0.39, 0.29) is 25.2 Å². The molecule has 7 heteroatoms. The van der Waals surface area contributed by atoms with E-state index >= 15 is 0 Å². The highest BCUT2D eigenvalue weighted by molar-refractivity contribution is 9.11. The summed E-state index contributed by atoms with van der Waals surface area (Å²) in [6.07, 6.45) is -0.299. The highest BCUT2D eigenvalue weighted by atomic mass is 79.9. The number of hydrogen-bond acceptors (Lipinski definition) is 4. The first kappa shape index (κ1) is 15.8. The minimum atomic E-state index is -0.299. The van der Waals surface area contributed by atoms with E-state index in [1.54, 1.807) is 11.0 Å². The largest absolute Gasteiger partial charge is 0.483 e. The molecule has 1 aliphatic heterocycles. The molecule has 1 fully saturated rings. The van der Waals surface area contributed by atoms with Gasteiger partial charge < -0.3 is 19.5 Å². The molecule has 0 spiro atoms. The minimum Gasteiger partial charge on any atom is -0.483 e. The molecule has 5 nitrogen and oxygen atoms in total. The van der Waals surface area contributed by atoms with Gasteiger partial charge in [-0.3, -0.25) is 4.79 Å². The summed E-state index contributed by atoms with van der Waals surface area (Å²) in [6, 6.07) is 5.49. The zero-order chi connectivity index (χ0) is 14.5. The Morgan fingerprint density at radius 3 is 3.00 bits per heavy atom. The molecule has 0 aromatic heterocycles. The van der Waals surface area contributed by atoms with Crippen molar-refractivity contribution >= 4 is 37.8 Å². The molecule has 0 aliphatic carbocycles. The topological polar surface area (TPSA) is 59.0 Å². The first-order chi connectivity index (χ1) is 9.60. The van der Waals surface area contributed by atoms with Crippen LogP contribution in [0.1, 0.15) is 0 Å². The van der Waals surface area contributed by atoms with Gasteiger partial charge in [-0.15, -0.1) is 0 Å². The number of nitrogens with zero attached hydrogens (tertiary/aromatic N) is 1. The summed E-state index contributed by atoms with van der Waals surface area (Å²) in [4.78, 5) is 13.7. The second-order valence-electron chi connectivity index (χ2n) is 4.38. The maximum Gasteiger partial charge on any atom is 0.260 e. The van der Waals surface area contributed by atoms with E-state index in [9.17, 15) is 4.79 Å². The Kier molecular flexibility index (Phi) is 5.83. The lowest BCUT2D eigenvalue weighted by molar-refractivity contribution is -0.142. The molecule has 1 N–H and O–H groups in total. The second kappa shape index (κ2) is 7.40. The number of morpholine rings is 1. The van der Waals surface area contributed by atoms with Crippen molar-refractivity contribution in [3.8, 4) is 5.75 Å². The van der Waals surface area contributed by atoms with E-state index in [2.05, 4.69) is 31.9 Å².